The number of hydrogen-bond acceptors (Lipinski definition) is 2. The third-order valence-corrected chi connectivity index (χ3v) is 4.71. The van der Waals surface area contributed by atoms with Crippen LogP contribution < -0.4 is 5.32 Å². The van der Waals surface area contributed by atoms with Crippen LogP contribution in [0.15, 0.2) is 4.99 Å². The molecule has 0 aromatic rings. The summed E-state index contributed by atoms with van der Waals surface area (Å²) in [7, 11) is 4.24. The monoisotopic (exact) mass is 307 g/mol. The van der Waals surface area contributed by atoms with E-state index in [1.807, 2.05) is 0 Å². The number of likely N-dealkylation sites (N-methyl/N-ethyl adjacent to an activating group) is 1. The normalized spacial score (nSPS) is 37.5. The third kappa shape index (κ3) is 3.99. The van der Waals surface area contributed by atoms with Crippen LogP contribution >= 0.6 is 24.8 Å². The summed E-state index contributed by atoms with van der Waals surface area (Å²) in [6.45, 7) is 2.02. The first-order valence-electron chi connectivity index (χ1n) is 7.16. The van der Waals surface area contributed by atoms with Crippen LogP contribution in [0.3, 0.4) is 0 Å². The molecule has 4 bridgehead atoms. The summed E-state index contributed by atoms with van der Waals surface area (Å²) in [6, 6.07) is 0.740. The third-order valence-electron chi connectivity index (χ3n) is 4.71. The van der Waals surface area contributed by atoms with Gasteiger partial charge in [-0.25, -0.2) is 0 Å². The van der Waals surface area contributed by atoms with Crippen LogP contribution in [0.1, 0.15) is 32.1 Å². The van der Waals surface area contributed by atoms with E-state index in [2.05, 4.69) is 24.3 Å². The van der Waals surface area contributed by atoms with Crippen molar-refractivity contribution >= 4 is 30.6 Å². The topological polar surface area (TPSA) is 27.6 Å². The van der Waals surface area contributed by atoms with Crippen LogP contribution in [0.4, 0.5) is 0 Å². The second-order valence-electron chi connectivity index (χ2n) is 6.52. The molecule has 5 heteroatoms. The molecule has 0 aromatic carbocycles. The largest absolute Gasteiger partial charge is 0.371 e. The van der Waals surface area contributed by atoms with Crippen molar-refractivity contribution in [2.75, 3.05) is 27.2 Å². The van der Waals surface area contributed by atoms with Crippen LogP contribution in [0.2, 0.25) is 0 Å². The van der Waals surface area contributed by atoms with Gasteiger partial charge in [0.1, 0.15) is 0 Å². The van der Waals surface area contributed by atoms with E-state index in [1.165, 1.54) is 37.9 Å². The number of fused-ring (bicyclic) bond motifs is 1. The maximum Gasteiger partial charge on any atom is 0.0997 e. The number of aliphatic imine (C=N–C) groups is 1. The van der Waals surface area contributed by atoms with E-state index < -0.39 is 0 Å². The molecule has 2 atom stereocenters. The highest BCUT2D eigenvalue weighted by atomic mass is 35.5. The zero-order valence-corrected chi connectivity index (χ0v) is 13.6. The van der Waals surface area contributed by atoms with E-state index in [0.29, 0.717) is 0 Å². The molecule has 2 aliphatic carbocycles. The fraction of sp³-hybridized carbons (Fsp3) is 0.929. The Morgan fingerprint density at radius 3 is 2.26 bits per heavy atom. The van der Waals surface area contributed by atoms with E-state index >= 15 is 0 Å². The molecule has 4 fully saturated rings. The molecule has 2 saturated carbocycles. The van der Waals surface area contributed by atoms with Crippen LogP contribution in [-0.4, -0.2) is 44.0 Å². The number of amidine groups is 1. The van der Waals surface area contributed by atoms with Crippen LogP contribution in [0, 0.1) is 17.8 Å². The molecular formula is C14H27Cl2N3. The minimum atomic E-state index is 0. The number of hydrogen-bond donors (Lipinski definition) is 1. The summed E-state index contributed by atoms with van der Waals surface area (Å²) in [4.78, 5) is 7.06. The molecule has 0 spiro atoms. The van der Waals surface area contributed by atoms with Gasteiger partial charge in [-0.15, -0.1) is 24.8 Å². The van der Waals surface area contributed by atoms with Crippen molar-refractivity contribution < 1.29 is 0 Å². The first-order chi connectivity index (χ1) is 8.20. The molecule has 3 nitrogen and oxygen atoms in total. The van der Waals surface area contributed by atoms with Crippen molar-refractivity contribution in [3.63, 3.8) is 0 Å². The van der Waals surface area contributed by atoms with E-state index in [9.17, 15) is 0 Å². The molecule has 2 heterocycles. The van der Waals surface area contributed by atoms with Gasteiger partial charge < -0.3 is 10.2 Å². The molecule has 112 valence electrons. The van der Waals surface area contributed by atoms with Crippen molar-refractivity contribution in [3.8, 4) is 0 Å². The fourth-order valence-electron chi connectivity index (χ4n) is 4.06. The van der Waals surface area contributed by atoms with E-state index in [1.54, 1.807) is 0 Å². The molecule has 2 saturated heterocycles. The van der Waals surface area contributed by atoms with Crippen LogP contribution in [0.25, 0.3) is 0 Å². The van der Waals surface area contributed by atoms with Gasteiger partial charge in [-0.3, -0.25) is 4.99 Å². The lowest BCUT2D eigenvalue weighted by Gasteiger charge is -2.37. The maximum absolute atomic E-state index is 4.84. The van der Waals surface area contributed by atoms with Gasteiger partial charge in [0.05, 0.1) is 12.4 Å². The highest BCUT2D eigenvalue weighted by Crippen LogP contribution is 2.45. The van der Waals surface area contributed by atoms with Gasteiger partial charge in [0.15, 0.2) is 0 Å². The lowest BCUT2D eigenvalue weighted by molar-refractivity contribution is 0.162. The van der Waals surface area contributed by atoms with E-state index in [-0.39, 0.29) is 24.8 Å². The van der Waals surface area contributed by atoms with Crippen molar-refractivity contribution in [1.82, 2.24) is 10.2 Å². The second-order valence-corrected chi connectivity index (χ2v) is 6.52. The Balaban J connectivity index is 0.000000902. The summed E-state index contributed by atoms with van der Waals surface area (Å²) in [6.07, 6.45) is 7.11. The summed E-state index contributed by atoms with van der Waals surface area (Å²) in [5.74, 6) is 4.09. The van der Waals surface area contributed by atoms with Gasteiger partial charge in [-0.2, -0.15) is 0 Å². The first-order valence-corrected chi connectivity index (χ1v) is 7.16. The Labute approximate surface area is 129 Å². The standard InChI is InChI=1S/C14H25N3.2ClH/c1-17(2)4-3-15-14-12-6-10-5-11(7-12)9-13(8-10)16-14;;/h10-13H,3-9H2,1-2H3,(H,15,16);2*1H. The number of nitrogens with zero attached hydrogens (tertiary/aromatic N) is 2. The quantitative estimate of drug-likeness (QED) is 0.868. The van der Waals surface area contributed by atoms with Gasteiger partial charge >= 0.3 is 0 Å². The maximum atomic E-state index is 4.84. The molecule has 0 radical (unpaired) electrons. The van der Waals surface area contributed by atoms with Gasteiger partial charge in [0, 0.05) is 18.5 Å². The van der Waals surface area contributed by atoms with Gasteiger partial charge in [-0.05, 0) is 58.0 Å². The zero-order valence-electron chi connectivity index (χ0n) is 12.0. The Morgan fingerprint density at radius 1 is 1.05 bits per heavy atom. The molecular weight excluding hydrogens is 281 g/mol. The lowest BCUT2D eigenvalue weighted by atomic mass is 9.68. The Hall–Kier alpha value is 0.01000. The van der Waals surface area contributed by atoms with E-state index in [4.69, 9.17) is 4.99 Å². The van der Waals surface area contributed by atoms with Crippen molar-refractivity contribution in [1.29, 1.82) is 0 Å². The van der Waals surface area contributed by atoms with E-state index in [0.717, 1.165) is 36.9 Å². The summed E-state index contributed by atoms with van der Waals surface area (Å²) in [5.41, 5.74) is 0. The molecule has 2 aliphatic heterocycles. The fourth-order valence-corrected chi connectivity index (χ4v) is 4.06. The average molecular weight is 308 g/mol. The summed E-state index contributed by atoms with van der Waals surface area (Å²) in [5, 5.41) is 3.74. The van der Waals surface area contributed by atoms with Gasteiger partial charge in [0.25, 0.3) is 0 Å². The lowest BCUT2D eigenvalue weighted by Crippen LogP contribution is -2.36. The number of halogens is 2. The molecule has 2 unspecified atom stereocenters. The highest BCUT2D eigenvalue weighted by molar-refractivity contribution is 5.86. The SMILES string of the molecule is CN(C)CCN=C1NC2CC3CC(C2)CC1C3.Cl.Cl. The number of rotatable bonds is 3. The molecule has 0 aromatic heterocycles. The van der Waals surface area contributed by atoms with Crippen molar-refractivity contribution in [2.24, 2.45) is 22.7 Å². The average Bonchev–Trinajstić information content (AvgIpc) is 2.43. The minimum absolute atomic E-state index is 0. The second kappa shape index (κ2) is 7.14. The minimum Gasteiger partial charge on any atom is -0.371 e. The molecule has 1 N–H and O–H groups in total. The predicted octanol–water partition coefficient (Wildman–Crippen LogP) is 2.59. The van der Waals surface area contributed by atoms with Crippen LogP contribution in [-0.2, 0) is 0 Å². The Morgan fingerprint density at radius 2 is 1.68 bits per heavy atom. The van der Waals surface area contributed by atoms with Crippen LogP contribution in [0.5, 0.6) is 0 Å². The highest BCUT2D eigenvalue weighted by Gasteiger charge is 2.41. The Kier molecular flexibility index (Phi) is 6.41. The Bertz CT molecular complexity index is 306. The first kappa shape index (κ1) is 17.1. The molecule has 0 amide bonds. The van der Waals surface area contributed by atoms with Crippen molar-refractivity contribution in [3.05, 3.63) is 0 Å². The summed E-state index contributed by atoms with van der Waals surface area (Å²) >= 11 is 0. The van der Waals surface area contributed by atoms with Gasteiger partial charge in [0.2, 0.25) is 0 Å². The summed E-state index contributed by atoms with van der Waals surface area (Å²) < 4.78 is 0. The predicted molar refractivity (Wildman–Crippen MR) is 85.8 cm³/mol. The molecule has 4 aliphatic rings. The molecule has 19 heavy (non-hydrogen) atoms. The van der Waals surface area contributed by atoms with Gasteiger partial charge in [-0.1, -0.05) is 0 Å². The zero-order chi connectivity index (χ0) is 11.8. The number of nitrogens with one attached hydrogen (secondary N) is 1. The van der Waals surface area contributed by atoms with Crippen molar-refractivity contribution in [2.45, 2.75) is 38.1 Å². The smallest absolute Gasteiger partial charge is 0.0997 e. The molecule has 4 rings (SSSR count).